The number of nitrogens with one attached hydrogen (secondary N) is 1. The van der Waals surface area contributed by atoms with E-state index in [1.165, 1.54) is 18.2 Å². The Hall–Kier alpha value is -1.96. The third-order valence-electron chi connectivity index (χ3n) is 2.45. The van der Waals surface area contributed by atoms with Crippen LogP contribution in [0.15, 0.2) is 48.5 Å². The number of carbonyl (C=O) groups excluding carboxylic acids is 1. The summed E-state index contributed by atoms with van der Waals surface area (Å²) in [5, 5.41) is 13.5. The molecule has 0 aromatic heterocycles. The first-order valence-electron chi connectivity index (χ1n) is 5.38. The zero-order valence-electron chi connectivity index (χ0n) is 9.67. The van der Waals surface area contributed by atoms with E-state index in [-0.39, 0.29) is 11.3 Å². The van der Waals surface area contributed by atoms with Crippen LogP contribution < -0.4 is 5.32 Å². The molecule has 0 fully saturated rings. The van der Waals surface area contributed by atoms with E-state index in [4.69, 9.17) is 0 Å². The van der Waals surface area contributed by atoms with Crippen molar-refractivity contribution in [1.29, 1.82) is 0 Å². The number of hydrogen-bond acceptors (Lipinski definition) is 3. The molecule has 0 aliphatic heterocycles. The number of hydrogen-bond donors (Lipinski definition) is 1. The summed E-state index contributed by atoms with van der Waals surface area (Å²) in [4.78, 5) is 22.3. The van der Waals surface area contributed by atoms with E-state index in [1.54, 1.807) is 18.2 Å². The molecular formula is C13H9IN2O3. The van der Waals surface area contributed by atoms with Crippen LogP contribution in [0.3, 0.4) is 0 Å². The van der Waals surface area contributed by atoms with Crippen LogP contribution in [-0.4, -0.2) is 10.8 Å². The van der Waals surface area contributed by atoms with Gasteiger partial charge in [0.05, 0.1) is 4.92 Å². The van der Waals surface area contributed by atoms with Gasteiger partial charge in [0.25, 0.3) is 11.6 Å². The summed E-state index contributed by atoms with van der Waals surface area (Å²) in [7, 11) is 0. The van der Waals surface area contributed by atoms with Crippen molar-refractivity contribution in [3.05, 3.63) is 67.8 Å². The highest BCUT2D eigenvalue weighted by Gasteiger charge is 2.18. The summed E-state index contributed by atoms with van der Waals surface area (Å²) >= 11 is 2.15. The second-order valence-electron chi connectivity index (χ2n) is 3.74. The molecule has 96 valence electrons. The van der Waals surface area contributed by atoms with E-state index < -0.39 is 10.8 Å². The Morgan fingerprint density at radius 1 is 1.11 bits per heavy atom. The fourth-order valence-corrected chi connectivity index (χ4v) is 1.92. The standard InChI is InChI=1S/C13H9IN2O3/c14-9-5-7-10(8-6-9)15-13(17)11-3-1-2-4-12(11)16(18)19/h1-8H,(H,15,17). The van der Waals surface area contributed by atoms with Gasteiger partial charge in [-0.2, -0.15) is 0 Å². The van der Waals surface area contributed by atoms with E-state index in [9.17, 15) is 14.9 Å². The van der Waals surface area contributed by atoms with E-state index in [0.717, 1.165) is 3.57 Å². The van der Waals surface area contributed by atoms with Crippen molar-refractivity contribution in [2.75, 3.05) is 5.32 Å². The molecule has 2 aromatic rings. The number of nitro benzene ring substituents is 1. The maximum absolute atomic E-state index is 12.0. The molecule has 1 N–H and O–H groups in total. The van der Waals surface area contributed by atoms with Crippen LogP contribution in [0.25, 0.3) is 0 Å². The molecule has 0 bridgehead atoms. The summed E-state index contributed by atoms with van der Waals surface area (Å²) in [6.07, 6.45) is 0. The van der Waals surface area contributed by atoms with Crippen LogP contribution in [0.4, 0.5) is 11.4 Å². The van der Waals surface area contributed by atoms with Crippen LogP contribution in [-0.2, 0) is 0 Å². The van der Waals surface area contributed by atoms with Gasteiger partial charge in [-0.05, 0) is 52.9 Å². The molecule has 2 aromatic carbocycles. The van der Waals surface area contributed by atoms with Gasteiger partial charge >= 0.3 is 0 Å². The number of carbonyl (C=O) groups is 1. The minimum Gasteiger partial charge on any atom is -0.322 e. The Bertz CT molecular complexity index is 626. The number of para-hydroxylation sites is 1. The molecule has 0 aliphatic carbocycles. The lowest BCUT2D eigenvalue weighted by Gasteiger charge is -2.05. The minimum absolute atomic E-state index is 0.0473. The molecule has 6 heteroatoms. The van der Waals surface area contributed by atoms with Crippen LogP contribution in [0.2, 0.25) is 0 Å². The SMILES string of the molecule is O=C(Nc1ccc(I)cc1)c1ccccc1[N+](=O)[O-]. The highest BCUT2D eigenvalue weighted by atomic mass is 127. The van der Waals surface area contributed by atoms with Crippen molar-refractivity contribution >= 4 is 39.9 Å². The first kappa shape index (κ1) is 13.5. The van der Waals surface area contributed by atoms with E-state index >= 15 is 0 Å². The topological polar surface area (TPSA) is 72.2 Å². The number of nitro groups is 1. The monoisotopic (exact) mass is 368 g/mol. The number of amides is 1. The Balaban J connectivity index is 2.25. The quantitative estimate of drug-likeness (QED) is 0.513. The van der Waals surface area contributed by atoms with Gasteiger partial charge < -0.3 is 5.32 Å². The molecule has 0 spiro atoms. The maximum atomic E-state index is 12.0. The van der Waals surface area contributed by atoms with Crippen molar-refractivity contribution in [1.82, 2.24) is 0 Å². The number of nitrogens with zero attached hydrogens (tertiary/aromatic N) is 1. The molecule has 1 amide bonds. The lowest BCUT2D eigenvalue weighted by molar-refractivity contribution is -0.385. The Morgan fingerprint density at radius 2 is 1.74 bits per heavy atom. The Labute approximate surface area is 122 Å². The zero-order chi connectivity index (χ0) is 13.8. The van der Waals surface area contributed by atoms with Gasteiger partial charge in [-0.15, -0.1) is 0 Å². The summed E-state index contributed by atoms with van der Waals surface area (Å²) in [5.41, 5.74) is 0.445. The zero-order valence-corrected chi connectivity index (χ0v) is 11.8. The summed E-state index contributed by atoms with van der Waals surface area (Å²) < 4.78 is 1.04. The highest BCUT2D eigenvalue weighted by Crippen LogP contribution is 2.19. The van der Waals surface area contributed by atoms with Crippen molar-refractivity contribution in [2.24, 2.45) is 0 Å². The van der Waals surface area contributed by atoms with Gasteiger partial charge in [0.15, 0.2) is 0 Å². The van der Waals surface area contributed by atoms with Crippen LogP contribution in [0.5, 0.6) is 0 Å². The van der Waals surface area contributed by atoms with Crippen molar-refractivity contribution < 1.29 is 9.72 Å². The van der Waals surface area contributed by atoms with E-state index in [0.29, 0.717) is 5.69 Å². The van der Waals surface area contributed by atoms with Crippen LogP contribution >= 0.6 is 22.6 Å². The lowest BCUT2D eigenvalue weighted by atomic mass is 10.1. The van der Waals surface area contributed by atoms with Gasteiger partial charge in [0, 0.05) is 15.3 Å². The average Bonchev–Trinajstić information content (AvgIpc) is 2.41. The normalized spacial score (nSPS) is 9.95. The Morgan fingerprint density at radius 3 is 2.37 bits per heavy atom. The van der Waals surface area contributed by atoms with Crippen molar-refractivity contribution in [3.63, 3.8) is 0 Å². The molecule has 0 aliphatic rings. The first-order chi connectivity index (χ1) is 9.08. The molecule has 2 rings (SSSR count). The predicted octanol–water partition coefficient (Wildman–Crippen LogP) is 3.45. The van der Waals surface area contributed by atoms with Gasteiger partial charge in [-0.3, -0.25) is 14.9 Å². The molecule has 0 atom stereocenters. The van der Waals surface area contributed by atoms with Gasteiger partial charge in [-0.1, -0.05) is 12.1 Å². The van der Waals surface area contributed by atoms with Gasteiger partial charge in [0.1, 0.15) is 5.56 Å². The minimum atomic E-state index is -0.567. The summed E-state index contributed by atoms with van der Waals surface area (Å²) in [6.45, 7) is 0. The van der Waals surface area contributed by atoms with Crippen LogP contribution in [0.1, 0.15) is 10.4 Å². The third-order valence-corrected chi connectivity index (χ3v) is 3.17. The number of anilines is 1. The van der Waals surface area contributed by atoms with Crippen LogP contribution in [0, 0.1) is 13.7 Å². The second-order valence-corrected chi connectivity index (χ2v) is 4.98. The third kappa shape index (κ3) is 3.28. The van der Waals surface area contributed by atoms with Gasteiger partial charge in [0.2, 0.25) is 0 Å². The average molecular weight is 368 g/mol. The largest absolute Gasteiger partial charge is 0.322 e. The number of benzene rings is 2. The number of halogens is 1. The predicted molar refractivity (Wildman–Crippen MR) is 80.2 cm³/mol. The summed E-state index contributed by atoms with van der Waals surface area (Å²) in [6, 6.07) is 13.0. The highest BCUT2D eigenvalue weighted by molar-refractivity contribution is 14.1. The maximum Gasteiger partial charge on any atom is 0.282 e. The lowest BCUT2D eigenvalue weighted by Crippen LogP contribution is -2.13. The molecule has 0 radical (unpaired) electrons. The molecule has 0 unspecified atom stereocenters. The second kappa shape index (κ2) is 5.79. The summed E-state index contributed by atoms with van der Waals surface area (Å²) in [5.74, 6) is -0.492. The fraction of sp³-hybridized carbons (Fsp3) is 0. The smallest absolute Gasteiger partial charge is 0.282 e. The fourth-order valence-electron chi connectivity index (χ4n) is 1.56. The molecule has 19 heavy (non-hydrogen) atoms. The molecular weight excluding hydrogens is 359 g/mol. The number of rotatable bonds is 3. The Kier molecular flexibility index (Phi) is 4.10. The molecule has 0 saturated carbocycles. The first-order valence-corrected chi connectivity index (χ1v) is 6.46. The van der Waals surface area contributed by atoms with Crippen molar-refractivity contribution in [2.45, 2.75) is 0 Å². The van der Waals surface area contributed by atoms with E-state index in [1.807, 2.05) is 12.1 Å². The molecule has 0 saturated heterocycles. The molecule has 0 heterocycles. The van der Waals surface area contributed by atoms with E-state index in [2.05, 4.69) is 27.9 Å². The van der Waals surface area contributed by atoms with Gasteiger partial charge in [-0.25, -0.2) is 0 Å². The van der Waals surface area contributed by atoms with Crippen molar-refractivity contribution in [3.8, 4) is 0 Å². The molecule has 5 nitrogen and oxygen atoms in total.